The van der Waals surface area contributed by atoms with Gasteiger partial charge in [0.15, 0.2) is 0 Å². The molecule has 0 N–H and O–H groups in total. The Morgan fingerprint density at radius 2 is 1.58 bits per heavy atom. The molecule has 3 rings (SSSR count). The summed E-state index contributed by atoms with van der Waals surface area (Å²) in [5.41, 5.74) is 3.00. The van der Waals surface area contributed by atoms with E-state index >= 15 is 0 Å². The summed E-state index contributed by atoms with van der Waals surface area (Å²) in [5.74, 6) is 0.429. The highest BCUT2D eigenvalue weighted by Crippen LogP contribution is 2.20. The van der Waals surface area contributed by atoms with Gasteiger partial charge >= 0.3 is 0 Å². The molecule has 26 heavy (non-hydrogen) atoms. The minimum absolute atomic E-state index is 0.0541. The first-order valence-electron chi connectivity index (χ1n) is 9.23. The number of nitrogens with zero attached hydrogens (tertiary/aromatic N) is 2. The zero-order valence-electron chi connectivity index (χ0n) is 15.5. The maximum atomic E-state index is 12.6. The molecule has 0 bridgehead atoms. The molecule has 0 spiro atoms. The lowest BCUT2D eigenvalue weighted by Crippen LogP contribution is -2.50. The van der Waals surface area contributed by atoms with Crippen LogP contribution >= 0.6 is 0 Å². The molecule has 4 nitrogen and oxygen atoms in total. The molecule has 1 atom stereocenters. The lowest BCUT2D eigenvalue weighted by atomic mass is 9.97. The van der Waals surface area contributed by atoms with E-state index in [4.69, 9.17) is 0 Å². The number of rotatable bonds is 4. The SMILES string of the molecule is Cc1cccc(C(=O)N2CCN(C(=O)CC(C)c3ccccc3)CC2)c1. The van der Waals surface area contributed by atoms with Gasteiger partial charge in [-0.25, -0.2) is 0 Å². The Balaban J connectivity index is 1.53. The lowest BCUT2D eigenvalue weighted by molar-refractivity contribution is -0.133. The van der Waals surface area contributed by atoms with Crippen LogP contribution in [-0.4, -0.2) is 47.8 Å². The number of carbonyl (C=O) groups excluding carboxylic acids is 2. The third-order valence-corrected chi connectivity index (χ3v) is 5.03. The Morgan fingerprint density at radius 3 is 2.23 bits per heavy atom. The van der Waals surface area contributed by atoms with E-state index in [0.717, 1.165) is 11.1 Å². The summed E-state index contributed by atoms with van der Waals surface area (Å²) in [6, 6.07) is 17.8. The van der Waals surface area contributed by atoms with Crippen LogP contribution in [0.25, 0.3) is 0 Å². The zero-order chi connectivity index (χ0) is 18.5. The second-order valence-electron chi connectivity index (χ2n) is 7.06. The van der Waals surface area contributed by atoms with Gasteiger partial charge < -0.3 is 9.80 Å². The summed E-state index contributed by atoms with van der Waals surface area (Å²) in [7, 11) is 0. The number of benzene rings is 2. The molecule has 1 unspecified atom stereocenters. The van der Waals surface area contributed by atoms with Crippen molar-refractivity contribution in [1.29, 1.82) is 0 Å². The zero-order valence-corrected chi connectivity index (χ0v) is 15.5. The smallest absolute Gasteiger partial charge is 0.253 e. The minimum Gasteiger partial charge on any atom is -0.339 e. The molecular formula is C22H26N2O2. The van der Waals surface area contributed by atoms with Crippen molar-refractivity contribution in [3.8, 4) is 0 Å². The number of aryl methyl sites for hydroxylation is 1. The highest BCUT2D eigenvalue weighted by atomic mass is 16.2. The molecule has 1 fully saturated rings. The number of hydrogen-bond donors (Lipinski definition) is 0. The quantitative estimate of drug-likeness (QED) is 0.847. The fourth-order valence-electron chi connectivity index (χ4n) is 3.41. The van der Waals surface area contributed by atoms with Crippen LogP contribution in [0.5, 0.6) is 0 Å². The molecule has 2 amide bonds. The van der Waals surface area contributed by atoms with E-state index in [1.54, 1.807) is 0 Å². The van der Waals surface area contributed by atoms with Crippen molar-refractivity contribution in [2.75, 3.05) is 26.2 Å². The second-order valence-corrected chi connectivity index (χ2v) is 7.06. The standard InChI is InChI=1S/C22H26N2O2/c1-17-7-6-10-20(15-17)22(26)24-13-11-23(12-14-24)21(25)16-18(2)19-8-4-3-5-9-19/h3-10,15,18H,11-14,16H2,1-2H3. The van der Waals surface area contributed by atoms with E-state index in [9.17, 15) is 9.59 Å². The van der Waals surface area contributed by atoms with Gasteiger partial charge in [-0.3, -0.25) is 9.59 Å². The van der Waals surface area contributed by atoms with Crippen LogP contribution in [0.15, 0.2) is 54.6 Å². The Labute approximate surface area is 155 Å². The van der Waals surface area contributed by atoms with E-state index in [2.05, 4.69) is 19.1 Å². The molecule has 1 saturated heterocycles. The maximum absolute atomic E-state index is 12.6. The Kier molecular flexibility index (Phi) is 5.71. The first-order valence-corrected chi connectivity index (χ1v) is 9.23. The summed E-state index contributed by atoms with van der Waals surface area (Å²) in [6.45, 7) is 6.48. The van der Waals surface area contributed by atoms with Crippen LogP contribution in [-0.2, 0) is 4.79 Å². The third kappa shape index (κ3) is 4.31. The second kappa shape index (κ2) is 8.17. The average Bonchev–Trinajstić information content (AvgIpc) is 2.68. The first-order chi connectivity index (χ1) is 12.5. The van der Waals surface area contributed by atoms with Gasteiger partial charge in [0.2, 0.25) is 5.91 Å². The molecule has 0 radical (unpaired) electrons. The van der Waals surface area contributed by atoms with Crippen LogP contribution in [0.2, 0.25) is 0 Å². The van der Waals surface area contributed by atoms with Gasteiger partial charge in [0, 0.05) is 38.2 Å². The molecular weight excluding hydrogens is 324 g/mol. The molecule has 2 aromatic carbocycles. The van der Waals surface area contributed by atoms with Crippen molar-refractivity contribution in [1.82, 2.24) is 9.80 Å². The number of amides is 2. The maximum Gasteiger partial charge on any atom is 0.253 e. The van der Waals surface area contributed by atoms with Gasteiger partial charge in [-0.05, 0) is 30.5 Å². The van der Waals surface area contributed by atoms with Gasteiger partial charge in [-0.2, -0.15) is 0 Å². The highest BCUT2D eigenvalue weighted by Gasteiger charge is 2.25. The van der Waals surface area contributed by atoms with Crippen molar-refractivity contribution in [3.63, 3.8) is 0 Å². The van der Waals surface area contributed by atoms with E-state index in [0.29, 0.717) is 32.6 Å². The molecule has 2 aromatic rings. The van der Waals surface area contributed by atoms with Crippen LogP contribution in [0, 0.1) is 6.92 Å². The number of piperazine rings is 1. The van der Waals surface area contributed by atoms with Crippen LogP contribution in [0.4, 0.5) is 0 Å². The van der Waals surface area contributed by atoms with Crippen molar-refractivity contribution in [3.05, 3.63) is 71.3 Å². The highest BCUT2D eigenvalue weighted by molar-refractivity contribution is 5.94. The van der Waals surface area contributed by atoms with Crippen molar-refractivity contribution >= 4 is 11.8 Å². The summed E-state index contributed by atoms with van der Waals surface area (Å²) in [5, 5.41) is 0. The molecule has 0 aromatic heterocycles. The Morgan fingerprint density at radius 1 is 0.923 bits per heavy atom. The van der Waals surface area contributed by atoms with E-state index in [1.165, 1.54) is 5.56 Å². The summed E-state index contributed by atoms with van der Waals surface area (Å²) < 4.78 is 0. The normalized spacial score (nSPS) is 15.6. The number of carbonyl (C=O) groups is 2. The van der Waals surface area contributed by atoms with Crippen LogP contribution in [0.3, 0.4) is 0 Å². The fourth-order valence-corrected chi connectivity index (χ4v) is 3.41. The van der Waals surface area contributed by atoms with Crippen molar-refractivity contribution in [2.45, 2.75) is 26.2 Å². The van der Waals surface area contributed by atoms with Crippen molar-refractivity contribution < 1.29 is 9.59 Å². The van der Waals surface area contributed by atoms with E-state index in [-0.39, 0.29) is 17.7 Å². The first kappa shape index (κ1) is 18.2. The topological polar surface area (TPSA) is 40.6 Å². The van der Waals surface area contributed by atoms with Gasteiger partial charge in [0.05, 0.1) is 0 Å². The molecule has 1 aliphatic heterocycles. The molecule has 1 aliphatic rings. The predicted octanol–water partition coefficient (Wildman–Crippen LogP) is 3.47. The van der Waals surface area contributed by atoms with Crippen LogP contribution < -0.4 is 0 Å². The Hall–Kier alpha value is -2.62. The lowest BCUT2D eigenvalue weighted by Gasteiger charge is -2.35. The fraction of sp³-hybridized carbons (Fsp3) is 0.364. The average molecular weight is 350 g/mol. The van der Waals surface area contributed by atoms with E-state index in [1.807, 2.05) is 59.2 Å². The Bertz CT molecular complexity index is 765. The molecule has 0 aliphatic carbocycles. The molecule has 1 heterocycles. The minimum atomic E-state index is 0.0541. The number of hydrogen-bond acceptors (Lipinski definition) is 2. The summed E-state index contributed by atoms with van der Waals surface area (Å²) >= 11 is 0. The molecule has 136 valence electrons. The van der Waals surface area contributed by atoms with Gasteiger partial charge in [0.25, 0.3) is 5.91 Å². The summed E-state index contributed by atoms with van der Waals surface area (Å²) in [6.07, 6.45) is 0.510. The van der Waals surface area contributed by atoms with Crippen LogP contribution in [0.1, 0.15) is 40.7 Å². The van der Waals surface area contributed by atoms with Gasteiger partial charge in [0.1, 0.15) is 0 Å². The summed E-state index contributed by atoms with van der Waals surface area (Å²) in [4.78, 5) is 28.9. The monoisotopic (exact) mass is 350 g/mol. The van der Waals surface area contributed by atoms with Crippen molar-refractivity contribution in [2.24, 2.45) is 0 Å². The third-order valence-electron chi connectivity index (χ3n) is 5.03. The van der Waals surface area contributed by atoms with E-state index < -0.39 is 0 Å². The predicted molar refractivity (Wildman–Crippen MR) is 103 cm³/mol. The van der Waals surface area contributed by atoms with Gasteiger partial charge in [-0.15, -0.1) is 0 Å². The molecule has 4 heteroatoms. The largest absolute Gasteiger partial charge is 0.339 e. The molecule has 0 saturated carbocycles. The van der Waals surface area contributed by atoms with Gasteiger partial charge in [-0.1, -0.05) is 55.0 Å².